The number of carboxylic acids is 1. The number of aryl methyl sites for hydroxylation is 1. The van der Waals surface area contributed by atoms with Crippen LogP contribution in [0.1, 0.15) is 39.2 Å². The van der Waals surface area contributed by atoms with Crippen LogP contribution in [0.2, 0.25) is 0 Å². The minimum Gasteiger partial charge on any atom is -0.492 e. The molecule has 2 bridgehead atoms. The molecule has 1 heterocycles. The van der Waals surface area contributed by atoms with Gasteiger partial charge in [0.1, 0.15) is 0 Å². The van der Waals surface area contributed by atoms with Gasteiger partial charge in [-0.05, 0) is 55.2 Å². The van der Waals surface area contributed by atoms with Crippen molar-refractivity contribution in [2.45, 2.75) is 37.9 Å². The first-order chi connectivity index (χ1) is 13.7. The van der Waals surface area contributed by atoms with Gasteiger partial charge >= 0.3 is 12.1 Å². The van der Waals surface area contributed by atoms with Crippen molar-refractivity contribution in [3.63, 3.8) is 0 Å². The lowest BCUT2D eigenvalue weighted by Crippen LogP contribution is -2.23. The van der Waals surface area contributed by atoms with Gasteiger partial charge in [0.25, 0.3) is 0 Å². The van der Waals surface area contributed by atoms with E-state index >= 15 is 0 Å². The first kappa shape index (κ1) is 19.8. The predicted octanol–water partition coefficient (Wildman–Crippen LogP) is 4.73. The molecule has 1 fully saturated rings. The number of rotatable bonds is 6. The van der Waals surface area contributed by atoms with E-state index in [1.54, 1.807) is 0 Å². The number of aromatic hydroxyl groups is 1. The van der Waals surface area contributed by atoms with Gasteiger partial charge in [0.15, 0.2) is 5.13 Å². The molecule has 1 aromatic carbocycles. The van der Waals surface area contributed by atoms with Crippen molar-refractivity contribution in [2.75, 3.05) is 5.32 Å². The van der Waals surface area contributed by atoms with Crippen LogP contribution in [0.4, 0.5) is 18.3 Å². The Bertz CT molecular complexity index is 970. The van der Waals surface area contributed by atoms with E-state index in [-0.39, 0.29) is 35.9 Å². The van der Waals surface area contributed by atoms with E-state index in [0.717, 1.165) is 31.0 Å². The first-order valence-electron chi connectivity index (χ1n) is 9.28. The van der Waals surface area contributed by atoms with Gasteiger partial charge in [-0.1, -0.05) is 29.6 Å². The maximum atomic E-state index is 13.3. The van der Waals surface area contributed by atoms with Crippen LogP contribution in [-0.2, 0) is 19.0 Å². The summed E-state index contributed by atoms with van der Waals surface area (Å²) in [5, 5.41) is 23.3. The lowest BCUT2D eigenvalue weighted by molar-refractivity contribution is -0.138. The molecule has 0 spiro atoms. The third-order valence-corrected chi connectivity index (χ3v) is 6.61. The molecule has 0 amide bonds. The molecule has 0 aliphatic heterocycles. The number of aromatic nitrogens is 1. The fourth-order valence-electron chi connectivity index (χ4n) is 4.23. The summed E-state index contributed by atoms with van der Waals surface area (Å²) >= 11 is 1.20. The van der Waals surface area contributed by atoms with E-state index in [9.17, 15) is 28.2 Å². The molecular formula is C20H19F3N2O3S. The van der Waals surface area contributed by atoms with Crippen LogP contribution in [0, 0.1) is 11.8 Å². The van der Waals surface area contributed by atoms with Crippen molar-refractivity contribution in [2.24, 2.45) is 11.8 Å². The zero-order chi connectivity index (χ0) is 20.8. The maximum Gasteiger partial charge on any atom is 0.416 e. The van der Waals surface area contributed by atoms with Crippen LogP contribution in [0.5, 0.6) is 5.88 Å². The molecule has 4 rings (SSSR count). The van der Waals surface area contributed by atoms with Gasteiger partial charge in [0.05, 0.1) is 16.0 Å². The molecule has 2 aliphatic rings. The van der Waals surface area contributed by atoms with E-state index in [2.05, 4.69) is 22.5 Å². The van der Waals surface area contributed by atoms with Crippen LogP contribution in [-0.4, -0.2) is 27.2 Å². The monoisotopic (exact) mass is 424 g/mol. The normalized spacial score (nSPS) is 22.9. The van der Waals surface area contributed by atoms with E-state index in [4.69, 9.17) is 0 Å². The van der Waals surface area contributed by atoms with Crippen LogP contribution in [0.3, 0.4) is 0 Å². The smallest absolute Gasteiger partial charge is 0.416 e. The summed E-state index contributed by atoms with van der Waals surface area (Å²) in [4.78, 5) is 15.9. The standard InChI is InChI=1S/C20H19F3N2O3S/c21-20(22,23)14-3-1-2-13(18(27)28)12(14)6-7-16-17(26)25-19(29-16)24-15-9-10-4-5-11(15)8-10/h1-5,10-11,15,26H,6-9H2,(H,24,25)(H,27,28). The third kappa shape index (κ3) is 3.96. The number of fused-ring (bicyclic) bond motifs is 2. The van der Waals surface area contributed by atoms with Crippen molar-refractivity contribution < 1.29 is 28.2 Å². The number of carboxylic acid groups (broad SMARTS) is 1. The Labute approximate surface area is 168 Å². The SMILES string of the molecule is O=C(O)c1cccc(C(F)(F)F)c1CCc1sc(NC2CC3C=CC2C3)nc1O. The molecule has 9 heteroatoms. The number of carbonyl (C=O) groups is 1. The minimum atomic E-state index is -4.65. The number of allylic oxidation sites excluding steroid dienone is 1. The fourth-order valence-corrected chi connectivity index (χ4v) is 5.15. The number of anilines is 1. The van der Waals surface area contributed by atoms with E-state index in [1.807, 2.05) is 0 Å². The second kappa shape index (κ2) is 7.37. The topological polar surface area (TPSA) is 82.5 Å². The molecule has 1 aromatic heterocycles. The Hall–Kier alpha value is -2.55. The number of nitrogens with one attached hydrogen (secondary N) is 1. The Kier molecular flexibility index (Phi) is 5.02. The number of aromatic carboxylic acids is 1. The van der Waals surface area contributed by atoms with Gasteiger partial charge in [0.2, 0.25) is 5.88 Å². The second-order valence-corrected chi connectivity index (χ2v) is 8.52. The number of thiazole rings is 1. The van der Waals surface area contributed by atoms with Crippen molar-refractivity contribution >= 4 is 22.4 Å². The molecule has 0 radical (unpaired) electrons. The highest BCUT2D eigenvalue weighted by Crippen LogP contribution is 2.42. The highest BCUT2D eigenvalue weighted by Gasteiger charge is 2.37. The summed E-state index contributed by atoms with van der Waals surface area (Å²) in [5.74, 6) is -0.631. The second-order valence-electron chi connectivity index (χ2n) is 7.43. The van der Waals surface area contributed by atoms with Gasteiger partial charge in [-0.25, -0.2) is 4.79 Å². The minimum absolute atomic E-state index is 0.0647. The molecule has 154 valence electrons. The molecule has 29 heavy (non-hydrogen) atoms. The largest absolute Gasteiger partial charge is 0.492 e. The first-order valence-corrected chi connectivity index (χ1v) is 10.1. The average Bonchev–Trinajstić information content (AvgIpc) is 3.35. The van der Waals surface area contributed by atoms with Crippen LogP contribution < -0.4 is 5.32 Å². The summed E-state index contributed by atoms with van der Waals surface area (Å²) < 4.78 is 40.0. The molecule has 5 nitrogen and oxygen atoms in total. The molecular weight excluding hydrogens is 405 g/mol. The Morgan fingerprint density at radius 1 is 1.24 bits per heavy atom. The number of hydrogen-bond acceptors (Lipinski definition) is 5. The third-order valence-electron chi connectivity index (χ3n) is 5.58. The van der Waals surface area contributed by atoms with E-state index in [0.29, 0.717) is 21.8 Å². The van der Waals surface area contributed by atoms with Crippen LogP contribution in [0.25, 0.3) is 0 Å². The fraction of sp³-hybridized carbons (Fsp3) is 0.400. The average molecular weight is 424 g/mol. The Balaban J connectivity index is 1.52. The number of benzene rings is 1. The summed E-state index contributed by atoms with van der Waals surface area (Å²) in [6.45, 7) is 0. The Morgan fingerprint density at radius 2 is 2.03 bits per heavy atom. The molecule has 3 unspecified atom stereocenters. The number of hydrogen-bond donors (Lipinski definition) is 3. The van der Waals surface area contributed by atoms with Gasteiger partial charge < -0.3 is 15.5 Å². The molecule has 2 aliphatic carbocycles. The summed E-state index contributed by atoms with van der Waals surface area (Å²) in [6, 6.07) is 3.37. The van der Waals surface area contributed by atoms with Gasteiger partial charge in [-0.2, -0.15) is 18.2 Å². The van der Waals surface area contributed by atoms with Crippen LogP contribution >= 0.6 is 11.3 Å². The van der Waals surface area contributed by atoms with Gasteiger partial charge in [-0.3, -0.25) is 0 Å². The zero-order valence-corrected chi connectivity index (χ0v) is 16.1. The number of halogens is 3. The predicted molar refractivity (Wildman–Crippen MR) is 102 cm³/mol. The highest BCUT2D eigenvalue weighted by atomic mass is 32.1. The summed E-state index contributed by atoms with van der Waals surface area (Å²) in [7, 11) is 0. The van der Waals surface area contributed by atoms with Crippen molar-refractivity contribution in [3.05, 3.63) is 51.9 Å². The van der Waals surface area contributed by atoms with Crippen LogP contribution in [0.15, 0.2) is 30.4 Å². The number of nitrogens with zero attached hydrogens (tertiary/aromatic N) is 1. The maximum absolute atomic E-state index is 13.3. The van der Waals surface area contributed by atoms with E-state index < -0.39 is 17.7 Å². The lowest BCUT2D eigenvalue weighted by atomic mass is 9.96. The van der Waals surface area contributed by atoms with Crippen molar-refractivity contribution in [3.8, 4) is 5.88 Å². The molecule has 3 N–H and O–H groups in total. The van der Waals surface area contributed by atoms with Crippen molar-refractivity contribution in [1.29, 1.82) is 0 Å². The Morgan fingerprint density at radius 3 is 2.66 bits per heavy atom. The molecule has 2 aromatic rings. The molecule has 0 saturated heterocycles. The van der Waals surface area contributed by atoms with E-state index in [1.165, 1.54) is 11.3 Å². The van der Waals surface area contributed by atoms with Crippen molar-refractivity contribution in [1.82, 2.24) is 4.98 Å². The molecule has 1 saturated carbocycles. The summed E-state index contributed by atoms with van der Waals surface area (Å²) in [5.41, 5.74) is -1.63. The molecule has 3 atom stereocenters. The quantitative estimate of drug-likeness (QED) is 0.584. The summed E-state index contributed by atoms with van der Waals surface area (Å²) in [6.07, 6.45) is 1.75. The zero-order valence-electron chi connectivity index (χ0n) is 15.2. The van der Waals surface area contributed by atoms with Gasteiger partial charge in [-0.15, -0.1) is 0 Å². The van der Waals surface area contributed by atoms with Gasteiger partial charge in [0, 0.05) is 6.04 Å². The highest BCUT2D eigenvalue weighted by molar-refractivity contribution is 7.15. The number of alkyl halides is 3. The lowest BCUT2D eigenvalue weighted by Gasteiger charge is -2.18.